The van der Waals surface area contributed by atoms with Crippen LogP contribution in [0.3, 0.4) is 0 Å². The Morgan fingerprint density at radius 3 is 2.81 bits per heavy atom. The summed E-state index contributed by atoms with van der Waals surface area (Å²) in [6.45, 7) is 5.67. The summed E-state index contributed by atoms with van der Waals surface area (Å²) < 4.78 is 13.5. The summed E-state index contributed by atoms with van der Waals surface area (Å²) in [6, 6.07) is 8.03. The normalized spacial score (nSPS) is 10.5. The second-order valence-electron chi connectivity index (χ2n) is 5.99. The summed E-state index contributed by atoms with van der Waals surface area (Å²) in [5.41, 5.74) is 2.34. The van der Waals surface area contributed by atoms with Crippen LogP contribution in [0.15, 0.2) is 41.3 Å². The van der Waals surface area contributed by atoms with Crippen LogP contribution < -0.4 is 10.1 Å². The number of benzene rings is 1. The highest BCUT2D eigenvalue weighted by Crippen LogP contribution is 2.24. The standard InChI is InChI=1S/C19H21N5O2/c1-14-5-3-6-15(2)18(14)25-12-17-23-16(11-20)19(26-17)22-7-4-9-24-10-8-21-13-24/h3,5-6,8,10,13,22H,4,7,9,12H2,1-2H3. The van der Waals surface area contributed by atoms with Crippen LogP contribution in [-0.2, 0) is 13.2 Å². The molecule has 2 aromatic heterocycles. The number of para-hydroxylation sites is 1. The molecule has 0 radical (unpaired) electrons. The van der Waals surface area contributed by atoms with Crippen LogP contribution in [0.1, 0.15) is 29.1 Å². The van der Waals surface area contributed by atoms with E-state index in [4.69, 9.17) is 9.15 Å². The molecule has 1 aromatic carbocycles. The van der Waals surface area contributed by atoms with Gasteiger partial charge in [0.05, 0.1) is 6.33 Å². The highest BCUT2D eigenvalue weighted by atomic mass is 16.5. The maximum absolute atomic E-state index is 9.25. The quantitative estimate of drug-likeness (QED) is 0.625. The number of nitrogens with one attached hydrogen (secondary N) is 1. The number of ether oxygens (including phenoxy) is 1. The molecule has 0 bridgehead atoms. The van der Waals surface area contributed by atoms with E-state index < -0.39 is 0 Å². The Balaban J connectivity index is 1.57. The van der Waals surface area contributed by atoms with Gasteiger partial charge in [-0.1, -0.05) is 18.2 Å². The Labute approximate surface area is 152 Å². The lowest BCUT2D eigenvalue weighted by Gasteiger charge is -2.10. The lowest BCUT2D eigenvalue weighted by Crippen LogP contribution is -2.06. The average Bonchev–Trinajstić information content (AvgIpc) is 3.28. The first-order valence-corrected chi connectivity index (χ1v) is 8.46. The van der Waals surface area contributed by atoms with E-state index in [9.17, 15) is 5.26 Å². The van der Waals surface area contributed by atoms with E-state index in [0.29, 0.717) is 18.3 Å². The first-order valence-electron chi connectivity index (χ1n) is 8.46. The molecule has 2 heterocycles. The molecule has 0 amide bonds. The summed E-state index contributed by atoms with van der Waals surface area (Å²) in [5.74, 6) is 1.58. The van der Waals surface area contributed by atoms with Crippen molar-refractivity contribution in [2.24, 2.45) is 0 Å². The molecule has 0 saturated carbocycles. The molecule has 0 spiro atoms. The molecule has 7 nitrogen and oxygen atoms in total. The van der Waals surface area contributed by atoms with Gasteiger partial charge in [0.1, 0.15) is 11.8 Å². The summed E-state index contributed by atoms with van der Waals surface area (Å²) >= 11 is 0. The molecule has 26 heavy (non-hydrogen) atoms. The lowest BCUT2D eigenvalue weighted by atomic mass is 10.1. The second-order valence-corrected chi connectivity index (χ2v) is 5.99. The summed E-state index contributed by atoms with van der Waals surface area (Å²) in [7, 11) is 0. The minimum absolute atomic E-state index is 0.178. The predicted molar refractivity (Wildman–Crippen MR) is 96.8 cm³/mol. The third-order valence-corrected chi connectivity index (χ3v) is 3.96. The molecule has 0 aliphatic rings. The van der Waals surface area contributed by atoms with E-state index in [1.54, 1.807) is 12.5 Å². The van der Waals surface area contributed by atoms with Crippen molar-refractivity contribution in [3.05, 3.63) is 59.6 Å². The predicted octanol–water partition coefficient (Wildman–Crippen LogP) is 3.44. The molecule has 0 saturated heterocycles. The van der Waals surface area contributed by atoms with Gasteiger partial charge in [-0.2, -0.15) is 10.2 Å². The number of anilines is 1. The largest absolute Gasteiger partial charge is 0.483 e. The van der Waals surface area contributed by atoms with Gasteiger partial charge in [0.15, 0.2) is 6.61 Å². The average molecular weight is 351 g/mol. The van der Waals surface area contributed by atoms with E-state index >= 15 is 0 Å². The Morgan fingerprint density at radius 1 is 1.31 bits per heavy atom. The Hall–Kier alpha value is -3.27. The van der Waals surface area contributed by atoms with Gasteiger partial charge >= 0.3 is 0 Å². The Morgan fingerprint density at radius 2 is 2.12 bits per heavy atom. The Kier molecular flexibility index (Phi) is 5.54. The maximum atomic E-state index is 9.25. The van der Waals surface area contributed by atoms with Gasteiger partial charge in [-0.05, 0) is 31.4 Å². The topological polar surface area (TPSA) is 88.9 Å². The number of imidazole rings is 1. The van der Waals surface area contributed by atoms with E-state index in [0.717, 1.165) is 29.8 Å². The molecule has 7 heteroatoms. The van der Waals surface area contributed by atoms with Gasteiger partial charge in [0.25, 0.3) is 0 Å². The minimum atomic E-state index is 0.178. The summed E-state index contributed by atoms with van der Waals surface area (Å²) in [4.78, 5) is 8.21. The zero-order valence-corrected chi connectivity index (χ0v) is 14.9. The highest BCUT2D eigenvalue weighted by Gasteiger charge is 2.14. The fourth-order valence-corrected chi connectivity index (χ4v) is 2.67. The Bertz CT molecular complexity index is 873. The summed E-state index contributed by atoms with van der Waals surface area (Å²) in [5, 5.41) is 12.4. The van der Waals surface area contributed by atoms with Crippen molar-refractivity contribution in [2.45, 2.75) is 33.4 Å². The van der Waals surface area contributed by atoms with Crippen LogP contribution in [0.4, 0.5) is 5.88 Å². The zero-order valence-electron chi connectivity index (χ0n) is 14.9. The number of hydrogen-bond acceptors (Lipinski definition) is 6. The molecule has 3 rings (SSSR count). The smallest absolute Gasteiger partial charge is 0.236 e. The van der Waals surface area contributed by atoms with Crippen molar-refractivity contribution >= 4 is 5.88 Å². The number of rotatable bonds is 8. The number of nitrogens with zero attached hydrogens (tertiary/aromatic N) is 4. The monoisotopic (exact) mass is 351 g/mol. The molecule has 1 N–H and O–H groups in total. The number of oxazole rings is 1. The van der Waals surface area contributed by atoms with Crippen molar-refractivity contribution in [1.82, 2.24) is 14.5 Å². The number of aryl methyl sites for hydroxylation is 3. The van der Waals surface area contributed by atoms with Crippen LogP contribution in [0.2, 0.25) is 0 Å². The molecule has 0 aliphatic heterocycles. The van der Waals surface area contributed by atoms with Crippen molar-refractivity contribution in [2.75, 3.05) is 11.9 Å². The van der Waals surface area contributed by atoms with E-state index in [2.05, 4.69) is 21.4 Å². The third kappa shape index (κ3) is 4.22. The van der Waals surface area contributed by atoms with Crippen LogP contribution >= 0.6 is 0 Å². The molecule has 0 atom stereocenters. The second kappa shape index (κ2) is 8.21. The fraction of sp³-hybridized carbons (Fsp3) is 0.316. The van der Waals surface area contributed by atoms with Gasteiger partial charge in [-0.15, -0.1) is 0 Å². The van der Waals surface area contributed by atoms with Crippen LogP contribution in [-0.4, -0.2) is 21.1 Å². The van der Waals surface area contributed by atoms with E-state index in [-0.39, 0.29) is 12.3 Å². The number of aromatic nitrogens is 3. The molecule has 3 aromatic rings. The lowest BCUT2D eigenvalue weighted by molar-refractivity contribution is 0.261. The molecule has 0 fully saturated rings. The van der Waals surface area contributed by atoms with Crippen LogP contribution in [0.25, 0.3) is 0 Å². The molecule has 0 unspecified atom stereocenters. The molecule has 134 valence electrons. The maximum Gasteiger partial charge on any atom is 0.236 e. The van der Waals surface area contributed by atoms with Crippen LogP contribution in [0, 0.1) is 25.2 Å². The molecule has 0 aliphatic carbocycles. The van der Waals surface area contributed by atoms with Crippen LogP contribution in [0.5, 0.6) is 5.75 Å². The van der Waals surface area contributed by atoms with Crippen molar-refractivity contribution in [3.8, 4) is 11.8 Å². The SMILES string of the molecule is Cc1cccc(C)c1OCc1nc(C#N)c(NCCCn2ccnc2)o1. The van der Waals surface area contributed by atoms with Gasteiger partial charge in [-0.25, -0.2) is 4.98 Å². The van der Waals surface area contributed by atoms with E-state index in [1.165, 1.54) is 0 Å². The number of hydrogen-bond donors (Lipinski definition) is 1. The molecular weight excluding hydrogens is 330 g/mol. The zero-order chi connectivity index (χ0) is 18.4. The third-order valence-electron chi connectivity index (χ3n) is 3.96. The highest BCUT2D eigenvalue weighted by molar-refractivity contribution is 5.45. The minimum Gasteiger partial charge on any atom is -0.483 e. The van der Waals surface area contributed by atoms with Crippen molar-refractivity contribution in [1.29, 1.82) is 5.26 Å². The van der Waals surface area contributed by atoms with Crippen molar-refractivity contribution in [3.63, 3.8) is 0 Å². The summed E-state index contributed by atoms with van der Waals surface area (Å²) in [6.07, 6.45) is 6.31. The molecular formula is C19H21N5O2. The first-order chi connectivity index (χ1) is 12.7. The van der Waals surface area contributed by atoms with Gasteiger partial charge < -0.3 is 19.0 Å². The van der Waals surface area contributed by atoms with Crippen molar-refractivity contribution < 1.29 is 9.15 Å². The number of nitriles is 1. The first kappa shape index (κ1) is 17.5. The van der Waals surface area contributed by atoms with Gasteiger partial charge in [-0.3, -0.25) is 0 Å². The van der Waals surface area contributed by atoms with E-state index in [1.807, 2.05) is 42.8 Å². The fourth-order valence-electron chi connectivity index (χ4n) is 2.67. The van der Waals surface area contributed by atoms with Gasteiger partial charge in [0, 0.05) is 25.5 Å². The van der Waals surface area contributed by atoms with Gasteiger partial charge in [0.2, 0.25) is 17.5 Å².